The molecule has 0 saturated heterocycles. The van der Waals surface area contributed by atoms with Gasteiger partial charge >= 0.3 is 0 Å². The number of hydrogen-bond donors (Lipinski definition) is 0. The monoisotopic (exact) mass is 491 g/mol. The minimum Gasteiger partial charge on any atom is -0.345 e. The zero-order valence-electron chi connectivity index (χ0n) is 21.8. The topological polar surface area (TPSA) is 46.1 Å². The third-order valence-corrected chi connectivity index (χ3v) is 6.52. The van der Waals surface area contributed by atoms with Gasteiger partial charge in [-0.2, -0.15) is 0 Å². The Kier molecular flexibility index (Phi) is 8.72. The third-order valence-electron chi connectivity index (χ3n) is 6.52. The van der Waals surface area contributed by atoms with E-state index in [4.69, 9.17) is 4.98 Å². The molecule has 1 heterocycles. The number of allylic oxidation sites excluding steroid dienone is 1. The molecule has 1 unspecified atom stereocenters. The number of alkyl halides is 2. The summed E-state index contributed by atoms with van der Waals surface area (Å²) in [5.74, 6) is -2.45. The molecule has 0 aliphatic heterocycles. The van der Waals surface area contributed by atoms with Crippen LogP contribution in [0.4, 0.5) is 8.78 Å². The normalized spacial score (nSPS) is 13.8. The van der Waals surface area contributed by atoms with Gasteiger partial charge in [0.05, 0.1) is 11.1 Å². The van der Waals surface area contributed by atoms with Crippen LogP contribution < -0.4 is 0 Å². The Balaban J connectivity index is 2.03. The van der Waals surface area contributed by atoms with E-state index in [2.05, 4.69) is 11.9 Å². The SMILES string of the molecule is C/C=C(/c1ccc(C(C)(F)F)cc1)c1nccc(C(C)(Cc2ccccc2)C(=O)N(C)CCCC)n1. The molecule has 1 amide bonds. The Hall–Kier alpha value is -3.41. The summed E-state index contributed by atoms with van der Waals surface area (Å²) >= 11 is 0. The van der Waals surface area contributed by atoms with Crippen molar-refractivity contribution in [3.8, 4) is 0 Å². The lowest BCUT2D eigenvalue weighted by Gasteiger charge is -2.33. The highest BCUT2D eigenvalue weighted by Crippen LogP contribution is 2.32. The van der Waals surface area contributed by atoms with Gasteiger partial charge in [0.25, 0.3) is 5.92 Å². The van der Waals surface area contributed by atoms with Crippen molar-refractivity contribution in [2.45, 2.75) is 58.3 Å². The molecule has 36 heavy (non-hydrogen) atoms. The molecule has 0 radical (unpaired) electrons. The van der Waals surface area contributed by atoms with Gasteiger partial charge in [-0.1, -0.05) is 74.0 Å². The van der Waals surface area contributed by atoms with Crippen molar-refractivity contribution in [2.24, 2.45) is 0 Å². The lowest BCUT2D eigenvalue weighted by atomic mass is 9.78. The first-order valence-electron chi connectivity index (χ1n) is 12.4. The quantitative estimate of drug-likeness (QED) is 0.313. The smallest absolute Gasteiger partial charge is 0.270 e. The summed E-state index contributed by atoms with van der Waals surface area (Å²) in [4.78, 5) is 24.9. The van der Waals surface area contributed by atoms with E-state index in [0.29, 0.717) is 24.5 Å². The second-order valence-electron chi connectivity index (χ2n) is 9.51. The first-order valence-corrected chi connectivity index (χ1v) is 12.4. The minimum atomic E-state index is -2.91. The fraction of sp³-hybridized carbons (Fsp3) is 0.367. The van der Waals surface area contributed by atoms with E-state index in [1.807, 2.05) is 57.3 Å². The van der Waals surface area contributed by atoms with Crippen molar-refractivity contribution in [3.63, 3.8) is 0 Å². The van der Waals surface area contributed by atoms with Crippen LogP contribution in [0.3, 0.4) is 0 Å². The van der Waals surface area contributed by atoms with Crippen LogP contribution in [-0.2, 0) is 22.6 Å². The molecule has 0 fully saturated rings. The van der Waals surface area contributed by atoms with Crippen LogP contribution in [0.2, 0.25) is 0 Å². The van der Waals surface area contributed by atoms with Gasteiger partial charge in [-0.15, -0.1) is 0 Å². The first-order chi connectivity index (χ1) is 17.1. The number of hydrogen-bond acceptors (Lipinski definition) is 3. The number of aromatic nitrogens is 2. The Morgan fingerprint density at radius 1 is 1.03 bits per heavy atom. The van der Waals surface area contributed by atoms with Crippen LogP contribution in [0.5, 0.6) is 0 Å². The second kappa shape index (κ2) is 11.5. The lowest BCUT2D eigenvalue weighted by molar-refractivity contribution is -0.135. The Labute approximate surface area is 213 Å². The van der Waals surface area contributed by atoms with Gasteiger partial charge in [-0.25, -0.2) is 18.7 Å². The summed E-state index contributed by atoms with van der Waals surface area (Å²) in [5.41, 5.74) is 2.16. The number of likely N-dealkylation sites (N-methyl/N-ethyl adjacent to an activating group) is 1. The highest BCUT2D eigenvalue weighted by atomic mass is 19.3. The highest BCUT2D eigenvalue weighted by Gasteiger charge is 2.39. The maximum atomic E-state index is 13.8. The number of rotatable bonds is 10. The van der Waals surface area contributed by atoms with E-state index in [-0.39, 0.29) is 11.5 Å². The molecule has 3 rings (SSSR count). The van der Waals surface area contributed by atoms with E-state index >= 15 is 0 Å². The number of nitrogens with zero attached hydrogens (tertiary/aromatic N) is 3. The molecule has 2 aromatic carbocycles. The van der Waals surface area contributed by atoms with Crippen molar-refractivity contribution in [1.29, 1.82) is 0 Å². The molecule has 1 aromatic heterocycles. The number of unbranched alkanes of at least 4 members (excludes halogenated alkanes) is 1. The van der Waals surface area contributed by atoms with Crippen LogP contribution in [0.1, 0.15) is 68.7 Å². The Morgan fingerprint density at radius 2 is 1.69 bits per heavy atom. The van der Waals surface area contributed by atoms with E-state index in [1.165, 1.54) is 12.1 Å². The third kappa shape index (κ3) is 6.23. The van der Waals surface area contributed by atoms with E-state index in [9.17, 15) is 13.6 Å². The first kappa shape index (κ1) is 27.2. The average molecular weight is 492 g/mol. The number of amides is 1. The van der Waals surface area contributed by atoms with Crippen molar-refractivity contribution < 1.29 is 13.6 Å². The molecular weight excluding hydrogens is 456 g/mol. The number of carbonyl (C=O) groups is 1. The maximum absolute atomic E-state index is 13.8. The second-order valence-corrected chi connectivity index (χ2v) is 9.51. The summed E-state index contributed by atoms with van der Waals surface area (Å²) in [6.07, 6.45) is 5.94. The van der Waals surface area contributed by atoms with Gasteiger partial charge in [-0.3, -0.25) is 4.79 Å². The molecule has 0 N–H and O–H groups in total. The highest BCUT2D eigenvalue weighted by molar-refractivity contribution is 5.88. The summed E-state index contributed by atoms with van der Waals surface area (Å²) in [6.45, 7) is 7.45. The van der Waals surface area contributed by atoms with Crippen LogP contribution in [-0.4, -0.2) is 34.4 Å². The molecule has 0 bridgehead atoms. The minimum absolute atomic E-state index is 0.000936. The van der Waals surface area contributed by atoms with E-state index in [0.717, 1.165) is 36.5 Å². The van der Waals surface area contributed by atoms with Gasteiger partial charge in [-0.05, 0) is 43.9 Å². The summed E-state index contributed by atoms with van der Waals surface area (Å²) < 4.78 is 27.4. The molecule has 0 aliphatic carbocycles. The summed E-state index contributed by atoms with van der Waals surface area (Å²) in [5, 5.41) is 0. The fourth-order valence-electron chi connectivity index (χ4n) is 4.36. The molecule has 1 atom stereocenters. The molecule has 3 aromatic rings. The molecule has 6 heteroatoms. The van der Waals surface area contributed by atoms with Gasteiger partial charge in [0.2, 0.25) is 5.91 Å². The van der Waals surface area contributed by atoms with Gasteiger partial charge in [0.1, 0.15) is 0 Å². The van der Waals surface area contributed by atoms with Crippen LogP contribution in [0.15, 0.2) is 72.9 Å². The number of benzene rings is 2. The van der Waals surface area contributed by atoms with Crippen molar-refractivity contribution in [1.82, 2.24) is 14.9 Å². The molecular formula is C30H35F2N3O. The fourth-order valence-corrected chi connectivity index (χ4v) is 4.36. The van der Waals surface area contributed by atoms with Crippen molar-refractivity contribution in [2.75, 3.05) is 13.6 Å². The van der Waals surface area contributed by atoms with E-state index in [1.54, 1.807) is 29.3 Å². The largest absolute Gasteiger partial charge is 0.345 e. The zero-order chi connectivity index (χ0) is 26.3. The average Bonchev–Trinajstić information content (AvgIpc) is 2.87. The molecule has 4 nitrogen and oxygen atoms in total. The van der Waals surface area contributed by atoms with Gasteiger partial charge in [0, 0.05) is 37.8 Å². The molecule has 0 spiro atoms. The molecule has 0 aliphatic rings. The maximum Gasteiger partial charge on any atom is 0.270 e. The van der Waals surface area contributed by atoms with Crippen LogP contribution >= 0.6 is 0 Å². The van der Waals surface area contributed by atoms with Crippen molar-refractivity contribution >= 4 is 11.5 Å². The summed E-state index contributed by atoms with van der Waals surface area (Å²) in [6, 6.07) is 17.9. The van der Waals surface area contributed by atoms with Crippen LogP contribution in [0.25, 0.3) is 5.57 Å². The predicted molar refractivity (Wildman–Crippen MR) is 141 cm³/mol. The predicted octanol–water partition coefficient (Wildman–Crippen LogP) is 6.80. The Bertz CT molecular complexity index is 1190. The zero-order valence-corrected chi connectivity index (χ0v) is 21.8. The number of halogens is 2. The van der Waals surface area contributed by atoms with Crippen LogP contribution in [0, 0.1) is 0 Å². The van der Waals surface area contributed by atoms with Gasteiger partial charge in [0.15, 0.2) is 5.82 Å². The molecule has 0 saturated carbocycles. The molecule has 190 valence electrons. The number of carbonyl (C=O) groups excluding carboxylic acids is 1. The standard InChI is InChI=1S/C30H35F2N3O/c1-6-8-20-35(5)28(36)29(3,21-22-12-10-9-11-13-22)26-18-19-33-27(34-26)25(7-2)23-14-16-24(17-15-23)30(4,31)32/h7,9-19H,6,8,20-21H2,1-5H3/b25-7-. The van der Waals surface area contributed by atoms with E-state index < -0.39 is 11.3 Å². The lowest BCUT2D eigenvalue weighted by Crippen LogP contribution is -2.45. The van der Waals surface area contributed by atoms with Gasteiger partial charge < -0.3 is 4.90 Å². The van der Waals surface area contributed by atoms with Crippen molar-refractivity contribution in [3.05, 3.63) is 101 Å². The Morgan fingerprint density at radius 3 is 2.28 bits per heavy atom. The summed E-state index contributed by atoms with van der Waals surface area (Å²) in [7, 11) is 1.84.